The van der Waals surface area contributed by atoms with Gasteiger partial charge in [-0.2, -0.15) is 0 Å². The molecule has 1 N–H and O–H groups in total. The Morgan fingerprint density at radius 2 is 1.82 bits per heavy atom. The maximum atomic E-state index is 13.8. The van der Waals surface area contributed by atoms with Crippen LogP contribution in [0.2, 0.25) is 0 Å². The third-order valence-electron chi connectivity index (χ3n) is 6.26. The number of hydrogen-bond donors (Lipinski definition) is 1. The fourth-order valence-corrected chi connectivity index (χ4v) is 4.87. The minimum absolute atomic E-state index is 0.0309. The van der Waals surface area contributed by atoms with Crippen molar-refractivity contribution in [2.75, 3.05) is 14.2 Å². The topological polar surface area (TPSA) is 83.5 Å². The van der Waals surface area contributed by atoms with Gasteiger partial charge in [-0.15, -0.1) is 0 Å². The van der Waals surface area contributed by atoms with E-state index in [2.05, 4.69) is 0 Å². The molecule has 8 heteroatoms. The van der Waals surface area contributed by atoms with Crippen LogP contribution in [0.5, 0.6) is 11.5 Å². The smallest absolute Gasteiger partial charge is 0.334 e. The van der Waals surface area contributed by atoms with E-state index in [0.29, 0.717) is 33.9 Å². The Morgan fingerprint density at radius 1 is 1.18 bits per heavy atom. The number of carbonyl (C=O) groups excluding carboxylic acids is 1. The first kappa shape index (κ1) is 30.4. The summed E-state index contributed by atoms with van der Waals surface area (Å²) in [4.78, 5) is 12.4. The molecule has 0 spiro atoms. The maximum Gasteiger partial charge on any atom is 0.334 e. The molecule has 1 fully saturated rings. The van der Waals surface area contributed by atoms with Crippen molar-refractivity contribution in [1.82, 2.24) is 0 Å². The molecule has 214 valence electrons. The number of hydrogen-bond acceptors (Lipinski definition) is 7. The van der Waals surface area contributed by atoms with Gasteiger partial charge < -0.3 is 28.8 Å². The van der Waals surface area contributed by atoms with Crippen LogP contribution in [-0.2, 0) is 19.0 Å². The highest BCUT2D eigenvalue weighted by Crippen LogP contribution is 2.48. The minimum atomic E-state index is -1.02. The van der Waals surface area contributed by atoms with Gasteiger partial charge in [0.15, 0.2) is 11.5 Å². The average Bonchev–Trinajstić information content (AvgIpc) is 2.80. The molecular weight excluding hydrogens is 503 g/mol. The molecule has 0 bridgehead atoms. The predicted octanol–water partition coefficient (Wildman–Crippen LogP) is 6.82. The van der Waals surface area contributed by atoms with E-state index in [0.717, 1.165) is 5.56 Å². The average molecular weight is 545 g/mol. The molecule has 0 saturated carbocycles. The van der Waals surface area contributed by atoms with Gasteiger partial charge in [-0.05, 0) is 61.6 Å². The second kappa shape index (κ2) is 12.0. The highest BCUT2D eigenvalue weighted by Gasteiger charge is 2.36. The summed E-state index contributed by atoms with van der Waals surface area (Å²) in [6.45, 7) is 13.0. The third-order valence-corrected chi connectivity index (χ3v) is 6.26. The molecule has 2 atom stereocenters. The fourth-order valence-electron chi connectivity index (χ4n) is 4.87. The lowest BCUT2D eigenvalue weighted by molar-refractivity contribution is -0.251. The monoisotopic (exact) mass is 544 g/mol. The molecular formula is C31H41FO7. The zero-order valence-corrected chi connectivity index (χ0v) is 24.4. The standard InChI is InChI=1S/C31H41FO7/c1-18(2)23-17-25(35-8)29(36-9)27(19-10-12-20(32)13-11-19)28(23)24(33)15-21-14-22(38-31(6,7)37-21)16-26(34)39-30(3,4)5/h10-13,16-18,21,24,33H,14-15H2,1-9H3. The number of ether oxygens (including phenoxy) is 5. The fraction of sp³-hybridized carbons (Fsp3) is 0.516. The van der Waals surface area contributed by atoms with Crippen molar-refractivity contribution in [2.45, 2.75) is 90.8 Å². The number of esters is 1. The largest absolute Gasteiger partial charge is 0.493 e. The van der Waals surface area contributed by atoms with Gasteiger partial charge in [0, 0.05) is 32.3 Å². The Bertz CT molecular complexity index is 1190. The number of aliphatic hydroxyl groups excluding tert-OH is 1. The van der Waals surface area contributed by atoms with Gasteiger partial charge in [0.1, 0.15) is 17.2 Å². The van der Waals surface area contributed by atoms with Crippen LogP contribution < -0.4 is 9.47 Å². The lowest BCUT2D eigenvalue weighted by atomic mass is 9.84. The molecule has 0 radical (unpaired) electrons. The van der Waals surface area contributed by atoms with Crippen LogP contribution in [0.3, 0.4) is 0 Å². The second-order valence-corrected chi connectivity index (χ2v) is 11.5. The van der Waals surface area contributed by atoms with Gasteiger partial charge in [-0.1, -0.05) is 26.0 Å². The zero-order valence-electron chi connectivity index (χ0n) is 24.4. The summed E-state index contributed by atoms with van der Waals surface area (Å²) >= 11 is 0. The summed E-state index contributed by atoms with van der Waals surface area (Å²) in [6.07, 6.45) is 0.377. The van der Waals surface area contributed by atoms with E-state index >= 15 is 0 Å². The van der Waals surface area contributed by atoms with Crippen LogP contribution in [0.15, 0.2) is 42.2 Å². The van der Waals surface area contributed by atoms with E-state index in [-0.39, 0.29) is 24.6 Å². The number of rotatable bonds is 8. The third kappa shape index (κ3) is 7.73. The minimum Gasteiger partial charge on any atom is -0.493 e. The number of methoxy groups -OCH3 is 2. The summed E-state index contributed by atoms with van der Waals surface area (Å²) in [5, 5.41) is 11.8. The lowest BCUT2D eigenvalue weighted by Gasteiger charge is -2.39. The Hall–Kier alpha value is -3.10. The predicted molar refractivity (Wildman–Crippen MR) is 147 cm³/mol. The Labute approximate surface area is 230 Å². The van der Waals surface area contributed by atoms with Crippen molar-refractivity contribution in [3.8, 4) is 22.6 Å². The number of benzene rings is 2. The van der Waals surface area contributed by atoms with Crippen molar-refractivity contribution in [1.29, 1.82) is 0 Å². The van der Waals surface area contributed by atoms with Crippen LogP contribution >= 0.6 is 0 Å². The molecule has 0 aromatic heterocycles. The molecule has 3 rings (SSSR count). The summed E-state index contributed by atoms with van der Waals surface area (Å²) in [7, 11) is 3.09. The summed E-state index contributed by atoms with van der Waals surface area (Å²) in [5.41, 5.74) is 2.20. The second-order valence-electron chi connectivity index (χ2n) is 11.5. The summed E-state index contributed by atoms with van der Waals surface area (Å²) < 4.78 is 42.7. The number of halogens is 1. The van der Waals surface area contributed by atoms with Crippen LogP contribution in [0.25, 0.3) is 11.1 Å². The van der Waals surface area contributed by atoms with Gasteiger partial charge in [0.25, 0.3) is 0 Å². The molecule has 1 heterocycles. The van der Waals surface area contributed by atoms with Crippen molar-refractivity contribution in [3.05, 3.63) is 59.1 Å². The molecule has 7 nitrogen and oxygen atoms in total. The first-order chi connectivity index (χ1) is 18.1. The highest BCUT2D eigenvalue weighted by molar-refractivity contribution is 5.83. The molecule has 2 unspecified atom stereocenters. The van der Waals surface area contributed by atoms with E-state index in [1.165, 1.54) is 25.3 Å². The molecule has 2 aromatic carbocycles. The first-order valence-corrected chi connectivity index (χ1v) is 13.2. The molecule has 1 saturated heterocycles. The van der Waals surface area contributed by atoms with Gasteiger partial charge in [0.05, 0.1) is 32.5 Å². The van der Waals surface area contributed by atoms with E-state index in [9.17, 15) is 14.3 Å². The molecule has 39 heavy (non-hydrogen) atoms. The lowest BCUT2D eigenvalue weighted by Crippen LogP contribution is -2.39. The van der Waals surface area contributed by atoms with Gasteiger partial charge in [-0.25, -0.2) is 9.18 Å². The molecule has 0 aliphatic carbocycles. The quantitative estimate of drug-likeness (QED) is 0.288. The van der Waals surface area contributed by atoms with Crippen LogP contribution in [0.4, 0.5) is 4.39 Å². The SMILES string of the molecule is COc1cc(C(C)C)c(C(O)CC2CC(=CC(=O)OC(C)(C)C)OC(C)(C)O2)c(-c2ccc(F)cc2)c1OC. The Kier molecular flexibility index (Phi) is 9.34. The van der Waals surface area contributed by atoms with Gasteiger partial charge >= 0.3 is 5.97 Å². The van der Waals surface area contributed by atoms with E-state index < -0.39 is 29.6 Å². The van der Waals surface area contributed by atoms with Crippen molar-refractivity contribution >= 4 is 5.97 Å². The molecule has 0 amide bonds. The van der Waals surface area contributed by atoms with Crippen molar-refractivity contribution in [3.63, 3.8) is 0 Å². The van der Waals surface area contributed by atoms with Crippen molar-refractivity contribution in [2.24, 2.45) is 0 Å². The Morgan fingerprint density at radius 3 is 2.36 bits per heavy atom. The van der Waals surface area contributed by atoms with Crippen molar-refractivity contribution < 1.29 is 38.0 Å². The first-order valence-electron chi connectivity index (χ1n) is 13.2. The van der Waals surface area contributed by atoms with Crippen LogP contribution in [-0.4, -0.2) is 42.8 Å². The Balaban J connectivity index is 2.05. The summed E-state index contributed by atoms with van der Waals surface area (Å²) in [5.74, 6) is -0.474. The van der Waals surface area contributed by atoms with E-state index in [4.69, 9.17) is 23.7 Å². The van der Waals surface area contributed by atoms with E-state index in [1.54, 1.807) is 53.9 Å². The van der Waals surface area contributed by atoms with Crippen LogP contribution in [0.1, 0.15) is 84.5 Å². The zero-order chi connectivity index (χ0) is 29.1. The maximum absolute atomic E-state index is 13.8. The molecule has 1 aliphatic heterocycles. The van der Waals surface area contributed by atoms with Gasteiger partial charge in [-0.3, -0.25) is 0 Å². The summed E-state index contributed by atoms with van der Waals surface area (Å²) in [6, 6.07) is 7.93. The number of carbonyl (C=O) groups is 1. The normalized spacial score (nSPS) is 19.0. The van der Waals surface area contributed by atoms with E-state index in [1.807, 2.05) is 19.9 Å². The van der Waals surface area contributed by atoms with Crippen LogP contribution in [0, 0.1) is 5.82 Å². The molecule has 1 aliphatic rings. The molecule has 2 aromatic rings. The highest BCUT2D eigenvalue weighted by atomic mass is 19.1. The van der Waals surface area contributed by atoms with Gasteiger partial charge in [0.2, 0.25) is 5.79 Å². The number of aliphatic hydroxyl groups is 1.